The molecule has 0 spiro atoms. The van der Waals surface area contributed by atoms with E-state index >= 15 is 0 Å². The van der Waals surface area contributed by atoms with Gasteiger partial charge in [0.05, 0.1) is 7.11 Å². The molecule has 25 heavy (non-hydrogen) atoms. The molecule has 0 unspecified atom stereocenters. The largest absolute Gasteiger partial charge is 0.469 e. The van der Waals surface area contributed by atoms with Crippen LogP contribution in [-0.4, -0.2) is 47.7 Å². The maximum atomic E-state index is 11.1. The number of para-hydroxylation sites is 1. The average molecular weight is 357 g/mol. The summed E-state index contributed by atoms with van der Waals surface area (Å²) in [4.78, 5) is 16.6. The molecule has 3 rings (SSSR count). The van der Waals surface area contributed by atoms with E-state index in [1.54, 1.807) is 0 Å². The topological polar surface area (TPSA) is 57.4 Å². The second-order valence-corrected chi connectivity index (χ2v) is 6.47. The Morgan fingerprint density at radius 1 is 1.40 bits per heavy atom. The van der Waals surface area contributed by atoms with Crippen LogP contribution in [0.1, 0.15) is 24.8 Å². The monoisotopic (exact) mass is 357 g/mol. The van der Waals surface area contributed by atoms with Crippen molar-refractivity contribution in [3.63, 3.8) is 0 Å². The van der Waals surface area contributed by atoms with Crippen molar-refractivity contribution in [2.75, 3.05) is 26.7 Å². The minimum Gasteiger partial charge on any atom is -0.469 e. The molecular formula is C19H23N3O2S. The minimum atomic E-state index is -0.183. The van der Waals surface area contributed by atoms with Crippen molar-refractivity contribution in [3.8, 4) is 0 Å². The summed E-state index contributed by atoms with van der Waals surface area (Å²) in [6, 6.07) is 8.37. The first-order valence-electron chi connectivity index (χ1n) is 8.54. The van der Waals surface area contributed by atoms with Crippen molar-refractivity contribution in [3.05, 3.63) is 42.1 Å². The van der Waals surface area contributed by atoms with E-state index in [-0.39, 0.29) is 5.97 Å². The van der Waals surface area contributed by atoms with Gasteiger partial charge in [-0.2, -0.15) is 0 Å². The van der Waals surface area contributed by atoms with Crippen molar-refractivity contribution in [2.45, 2.75) is 19.3 Å². The molecule has 0 amide bonds. The van der Waals surface area contributed by atoms with Gasteiger partial charge in [-0.1, -0.05) is 24.3 Å². The second-order valence-electron chi connectivity index (χ2n) is 6.08. The molecule has 132 valence electrons. The van der Waals surface area contributed by atoms with Gasteiger partial charge in [0, 0.05) is 48.7 Å². The number of thiocarbonyl (C=S) groups is 1. The maximum Gasteiger partial charge on any atom is 0.305 e. The summed E-state index contributed by atoms with van der Waals surface area (Å²) in [5.74, 6) is -0.183. The smallest absolute Gasteiger partial charge is 0.305 e. The Hall–Kier alpha value is -2.34. The van der Waals surface area contributed by atoms with Crippen molar-refractivity contribution in [1.82, 2.24) is 15.2 Å². The minimum absolute atomic E-state index is 0.183. The van der Waals surface area contributed by atoms with Gasteiger partial charge in [0.15, 0.2) is 5.11 Å². The number of nitrogens with one attached hydrogen (secondary N) is 2. The lowest BCUT2D eigenvalue weighted by molar-refractivity contribution is -0.140. The lowest BCUT2D eigenvalue weighted by Gasteiger charge is -2.29. The molecule has 1 aliphatic rings. The lowest BCUT2D eigenvalue weighted by Crippen LogP contribution is -2.42. The van der Waals surface area contributed by atoms with E-state index in [4.69, 9.17) is 12.2 Å². The molecule has 0 atom stereocenters. The number of ether oxygens (including phenoxy) is 1. The third-order valence-corrected chi connectivity index (χ3v) is 4.90. The van der Waals surface area contributed by atoms with Crippen LogP contribution in [0.2, 0.25) is 0 Å². The molecule has 2 heterocycles. The zero-order chi connectivity index (χ0) is 17.6. The Balaban J connectivity index is 1.53. The number of carbonyl (C=O) groups is 1. The van der Waals surface area contributed by atoms with Gasteiger partial charge < -0.3 is 19.9 Å². The first-order chi connectivity index (χ1) is 12.2. The molecule has 1 aromatic carbocycles. The van der Waals surface area contributed by atoms with E-state index in [1.165, 1.54) is 29.1 Å². The first-order valence-corrected chi connectivity index (χ1v) is 8.95. The highest BCUT2D eigenvalue weighted by atomic mass is 32.1. The number of hydrogen-bond acceptors (Lipinski definition) is 3. The van der Waals surface area contributed by atoms with Gasteiger partial charge in [-0.15, -0.1) is 0 Å². The van der Waals surface area contributed by atoms with Gasteiger partial charge in [-0.05, 0) is 36.7 Å². The number of fused-ring (bicyclic) bond motifs is 1. The van der Waals surface area contributed by atoms with Crippen LogP contribution >= 0.6 is 12.2 Å². The highest BCUT2D eigenvalue weighted by molar-refractivity contribution is 7.80. The molecule has 0 fully saturated rings. The standard InChI is InChI=1S/C19H23N3O2S/c1-24-18(23)7-4-10-20-19(25)22-11-8-14(9-12-22)16-13-21-17-6-3-2-5-15(16)17/h2-3,5-6,8,13,21H,4,7,9-12H2,1H3,(H,20,25). The van der Waals surface area contributed by atoms with Crippen molar-refractivity contribution in [2.24, 2.45) is 0 Å². The molecular weight excluding hydrogens is 334 g/mol. The third-order valence-electron chi connectivity index (χ3n) is 4.49. The molecule has 0 bridgehead atoms. The van der Waals surface area contributed by atoms with Crippen LogP contribution < -0.4 is 5.32 Å². The fourth-order valence-corrected chi connectivity index (χ4v) is 3.35. The summed E-state index contributed by atoms with van der Waals surface area (Å²) in [6.07, 6.45) is 6.44. The molecule has 0 saturated heterocycles. The molecule has 0 radical (unpaired) electrons. The van der Waals surface area contributed by atoms with Crippen LogP contribution in [0.3, 0.4) is 0 Å². The molecule has 0 saturated carbocycles. The van der Waals surface area contributed by atoms with E-state index in [1.807, 2.05) is 6.07 Å². The summed E-state index contributed by atoms with van der Waals surface area (Å²) < 4.78 is 4.63. The summed E-state index contributed by atoms with van der Waals surface area (Å²) in [5.41, 5.74) is 3.82. The number of aromatic nitrogens is 1. The number of benzene rings is 1. The molecule has 2 N–H and O–H groups in total. The number of methoxy groups -OCH3 is 1. The van der Waals surface area contributed by atoms with Crippen LogP contribution in [0.4, 0.5) is 0 Å². The fraction of sp³-hybridized carbons (Fsp3) is 0.368. The van der Waals surface area contributed by atoms with E-state index in [0.717, 1.165) is 31.0 Å². The number of rotatable bonds is 5. The van der Waals surface area contributed by atoms with E-state index < -0.39 is 0 Å². The van der Waals surface area contributed by atoms with Crippen molar-refractivity contribution < 1.29 is 9.53 Å². The van der Waals surface area contributed by atoms with Gasteiger partial charge in [0.25, 0.3) is 0 Å². The normalized spacial score (nSPS) is 14.3. The Bertz CT molecular complexity index is 797. The zero-order valence-electron chi connectivity index (χ0n) is 14.4. The van der Waals surface area contributed by atoms with Crippen LogP contribution in [0.5, 0.6) is 0 Å². The predicted molar refractivity (Wildman–Crippen MR) is 104 cm³/mol. The van der Waals surface area contributed by atoms with Gasteiger partial charge in [0.1, 0.15) is 0 Å². The van der Waals surface area contributed by atoms with Crippen LogP contribution in [0, 0.1) is 0 Å². The quantitative estimate of drug-likeness (QED) is 0.489. The van der Waals surface area contributed by atoms with Gasteiger partial charge >= 0.3 is 5.97 Å². The predicted octanol–water partition coefficient (Wildman–Crippen LogP) is 3.08. The van der Waals surface area contributed by atoms with Crippen LogP contribution in [0.25, 0.3) is 16.5 Å². The molecule has 2 aromatic rings. The zero-order valence-corrected chi connectivity index (χ0v) is 15.2. The van der Waals surface area contributed by atoms with E-state index in [2.05, 4.69) is 50.4 Å². The summed E-state index contributed by atoms with van der Waals surface area (Å²) in [7, 11) is 1.41. The first kappa shape index (κ1) is 17.5. The number of H-pyrrole nitrogens is 1. The van der Waals surface area contributed by atoms with Gasteiger partial charge in [-0.3, -0.25) is 4.79 Å². The number of carbonyl (C=O) groups excluding carboxylic acids is 1. The Morgan fingerprint density at radius 2 is 2.24 bits per heavy atom. The summed E-state index contributed by atoms with van der Waals surface area (Å²) >= 11 is 5.46. The molecule has 1 aliphatic heterocycles. The molecule has 0 aliphatic carbocycles. The SMILES string of the molecule is COC(=O)CCCNC(=S)N1CC=C(c2c[nH]c3ccccc23)CC1. The average Bonchev–Trinajstić information content (AvgIpc) is 3.09. The highest BCUT2D eigenvalue weighted by Gasteiger charge is 2.17. The number of nitrogens with zero attached hydrogens (tertiary/aromatic N) is 1. The fourth-order valence-electron chi connectivity index (χ4n) is 3.08. The van der Waals surface area contributed by atoms with E-state index in [9.17, 15) is 4.79 Å². The van der Waals surface area contributed by atoms with Crippen molar-refractivity contribution >= 4 is 39.8 Å². The Labute approximate surface area is 153 Å². The molecule has 1 aromatic heterocycles. The van der Waals surface area contributed by atoms with Crippen molar-refractivity contribution in [1.29, 1.82) is 0 Å². The van der Waals surface area contributed by atoms with Gasteiger partial charge in [0.2, 0.25) is 0 Å². The van der Waals surface area contributed by atoms with E-state index in [0.29, 0.717) is 13.0 Å². The Morgan fingerprint density at radius 3 is 3.00 bits per heavy atom. The Kier molecular flexibility index (Phi) is 5.71. The molecule has 6 heteroatoms. The van der Waals surface area contributed by atoms with Crippen LogP contribution in [0.15, 0.2) is 36.5 Å². The lowest BCUT2D eigenvalue weighted by atomic mass is 9.99. The highest BCUT2D eigenvalue weighted by Crippen LogP contribution is 2.29. The summed E-state index contributed by atoms with van der Waals surface area (Å²) in [5, 5.41) is 5.24. The molecule has 5 nitrogen and oxygen atoms in total. The van der Waals surface area contributed by atoms with Crippen LogP contribution in [-0.2, 0) is 9.53 Å². The summed E-state index contributed by atoms with van der Waals surface area (Å²) in [6.45, 7) is 2.38. The third kappa shape index (κ3) is 4.20. The second kappa shape index (κ2) is 8.16. The number of hydrogen-bond donors (Lipinski definition) is 2. The number of esters is 1. The van der Waals surface area contributed by atoms with Gasteiger partial charge in [-0.25, -0.2) is 0 Å². The maximum absolute atomic E-state index is 11.1. The number of aromatic amines is 1.